The molecule has 0 N–H and O–H groups in total. The van der Waals surface area contributed by atoms with Crippen LogP contribution >= 0.6 is 0 Å². The fourth-order valence-corrected chi connectivity index (χ4v) is 4.11. The number of alkyl halides is 1. The molecule has 0 unspecified atom stereocenters. The lowest BCUT2D eigenvalue weighted by atomic mass is 10.2. The standard InChI is InChI=1S/C15H24FN3O5S/c1-14(2,3)24-13(20)19-10(9-23-15(19,4)5)11(16)25(21,22)12-17-7-8-18(12)6/h7-8,10-11H,9H2,1-6H3/t10-,11-/m0/s1. The van der Waals surface area contributed by atoms with Gasteiger partial charge in [0.2, 0.25) is 20.5 Å². The van der Waals surface area contributed by atoms with E-state index in [1.54, 1.807) is 34.6 Å². The first-order valence-corrected chi connectivity index (χ1v) is 9.33. The van der Waals surface area contributed by atoms with Crippen molar-refractivity contribution < 1.29 is 27.1 Å². The van der Waals surface area contributed by atoms with E-state index in [9.17, 15) is 13.2 Å². The van der Waals surface area contributed by atoms with E-state index in [1.807, 2.05) is 0 Å². The van der Waals surface area contributed by atoms with Crippen molar-refractivity contribution in [3.05, 3.63) is 12.4 Å². The summed E-state index contributed by atoms with van der Waals surface area (Å²) < 4.78 is 52.1. The highest BCUT2D eigenvalue weighted by Crippen LogP contribution is 2.34. The summed E-state index contributed by atoms with van der Waals surface area (Å²) in [7, 11) is -2.96. The van der Waals surface area contributed by atoms with E-state index in [0.717, 1.165) is 4.90 Å². The van der Waals surface area contributed by atoms with Crippen LogP contribution in [0.25, 0.3) is 0 Å². The SMILES string of the molecule is Cn1ccnc1S(=O)(=O)[C@H](F)[C@@H]1COC(C)(C)N1C(=O)OC(C)(C)C. The summed E-state index contributed by atoms with van der Waals surface area (Å²) in [5, 5.41) is -0.408. The Morgan fingerprint density at radius 2 is 2.08 bits per heavy atom. The van der Waals surface area contributed by atoms with Crippen LogP contribution in [0.5, 0.6) is 0 Å². The highest BCUT2D eigenvalue weighted by atomic mass is 32.2. The molecule has 0 bridgehead atoms. The maximum absolute atomic E-state index is 15.0. The van der Waals surface area contributed by atoms with Crippen LogP contribution < -0.4 is 0 Å². The Bertz CT molecular complexity index is 753. The van der Waals surface area contributed by atoms with Gasteiger partial charge in [0, 0.05) is 19.4 Å². The van der Waals surface area contributed by atoms with E-state index < -0.39 is 44.0 Å². The minimum absolute atomic E-state index is 0.267. The summed E-state index contributed by atoms with van der Waals surface area (Å²) in [6, 6.07) is -1.34. The number of ether oxygens (including phenoxy) is 2. The van der Waals surface area contributed by atoms with Crippen LogP contribution in [0.2, 0.25) is 0 Å². The number of halogens is 1. The van der Waals surface area contributed by atoms with Crippen LogP contribution in [0.1, 0.15) is 34.6 Å². The summed E-state index contributed by atoms with van der Waals surface area (Å²) in [4.78, 5) is 17.2. The molecule has 25 heavy (non-hydrogen) atoms. The first-order valence-electron chi connectivity index (χ1n) is 7.79. The molecule has 0 saturated carbocycles. The molecule has 2 heterocycles. The number of hydrogen-bond acceptors (Lipinski definition) is 6. The number of carbonyl (C=O) groups is 1. The number of aryl methyl sites for hydroxylation is 1. The molecule has 0 spiro atoms. The van der Waals surface area contributed by atoms with Crippen molar-refractivity contribution in [2.24, 2.45) is 7.05 Å². The number of rotatable bonds is 3. The van der Waals surface area contributed by atoms with Crippen molar-refractivity contribution in [3.63, 3.8) is 0 Å². The molecular formula is C15H24FN3O5S. The number of hydrogen-bond donors (Lipinski definition) is 0. The predicted molar refractivity (Wildman–Crippen MR) is 87.2 cm³/mol. The van der Waals surface area contributed by atoms with Crippen molar-refractivity contribution >= 4 is 15.9 Å². The van der Waals surface area contributed by atoms with Crippen LogP contribution in [0.15, 0.2) is 17.6 Å². The summed E-state index contributed by atoms with van der Waals surface area (Å²) in [5.74, 6) is 0. The molecule has 0 aromatic carbocycles. The molecule has 2 rings (SSSR count). The van der Waals surface area contributed by atoms with Crippen molar-refractivity contribution in [2.75, 3.05) is 6.61 Å². The molecule has 1 aliphatic heterocycles. The number of sulfone groups is 1. The van der Waals surface area contributed by atoms with E-state index in [0.29, 0.717) is 0 Å². The normalized spacial score (nSPS) is 22.0. The van der Waals surface area contributed by atoms with E-state index in [1.165, 1.54) is 24.0 Å². The highest BCUT2D eigenvalue weighted by molar-refractivity contribution is 7.91. The van der Waals surface area contributed by atoms with Crippen LogP contribution in [-0.2, 0) is 26.4 Å². The lowest BCUT2D eigenvalue weighted by Crippen LogP contribution is -2.53. The van der Waals surface area contributed by atoms with Gasteiger partial charge < -0.3 is 14.0 Å². The lowest BCUT2D eigenvalue weighted by Gasteiger charge is -2.35. The van der Waals surface area contributed by atoms with Crippen LogP contribution in [0, 0.1) is 0 Å². The zero-order valence-electron chi connectivity index (χ0n) is 15.2. The third-order valence-electron chi connectivity index (χ3n) is 3.74. The number of imidazole rings is 1. The van der Waals surface area contributed by atoms with E-state index in [-0.39, 0.29) is 6.61 Å². The fourth-order valence-electron chi connectivity index (χ4n) is 2.63. The zero-order chi connectivity index (χ0) is 19.2. The van der Waals surface area contributed by atoms with Gasteiger partial charge in [-0.1, -0.05) is 0 Å². The van der Waals surface area contributed by atoms with Gasteiger partial charge in [0.25, 0.3) is 0 Å². The maximum Gasteiger partial charge on any atom is 0.413 e. The topological polar surface area (TPSA) is 90.7 Å². The Morgan fingerprint density at radius 1 is 1.48 bits per heavy atom. The van der Waals surface area contributed by atoms with Crippen LogP contribution in [0.3, 0.4) is 0 Å². The van der Waals surface area contributed by atoms with Gasteiger partial charge in [0.05, 0.1) is 6.61 Å². The summed E-state index contributed by atoms with van der Waals surface area (Å²) >= 11 is 0. The summed E-state index contributed by atoms with van der Waals surface area (Å²) in [6.45, 7) is 7.84. The Balaban J connectivity index is 2.36. The van der Waals surface area contributed by atoms with Crippen molar-refractivity contribution in [1.82, 2.24) is 14.5 Å². The van der Waals surface area contributed by atoms with Gasteiger partial charge in [-0.2, -0.15) is 0 Å². The van der Waals surface area contributed by atoms with Crippen LogP contribution in [0.4, 0.5) is 9.18 Å². The van der Waals surface area contributed by atoms with Gasteiger partial charge in [-0.25, -0.2) is 22.6 Å². The minimum Gasteiger partial charge on any atom is -0.444 e. The molecular weight excluding hydrogens is 353 g/mol. The molecule has 1 saturated heterocycles. The molecule has 0 aliphatic carbocycles. The Labute approximate surface area is 146 Å². The average molecular weight is 377 g/mol. The second kappa shape index (κ2) is 6.24. The molecule has 142 valence electrons. The van der Waals surface area contributed by atoms with Gasteiger partial charge in [-0.3, -0.25) is 4.90 Å². The molecule has 1 amide bonds. The fraction of sp³-hybridized carbons (Fsp3) is 0.733. The number of carbonyl (C=O) groups excluding carboxylic acids is 1. The second-order valence-corrected chi connectivity index (χ2v) is 9.30. The smallest absolute Gasteiger partial charge is 0.413 e. The molecule has 1 aliphatic rings. The van der Waals surface area contributed by atoms with Crippen molar-refractivity contribution in [3.8, 4) is 0 Å². The highest BCUT2D eigenvalue weighted by Gasteiger charge is 2.53. The first kappa shape index (κ1) is 19.6. The average Bonchev–Trinajstić information content (AvgIpc) is 2.99. The molecule has 8 nitrogen and oxygen atoms in total. The van der Waals surface area contributed by atoms with Crippen LogP contribution in [-0.4, -0.2) is 58.4 Å². The largest absolute Gasteiger partial charge is 0.444 e. The van der Waals surface area contributed by atoms with Gasteiger partial charge in [-0.05, 0) is 34.6 Å². The quantitative estimate of drug-likeness (QED) is 0.799. The number of nitrogens with zero attached hydrogens (tertiary/aromatic N) is 3. The summed E-state index contributed by atoms with van der Waals surface area (Å²) in [6.07, 6.45) is 1.83. The van der Waals surface area contributed by atoms with E-state index >= 15 is 4.39 Å². The Morgan fingerprint density at radius 3 is 2.56 bits per heavy atom. The Hall–Kier alpha value is -1.68. The molecule has 2 atom stereocenters. The molecule has 0 radical (unpaired) electrons. The van der Waals surface area contributed by atoms with Gasteiger partial charge in [0.15, 0.2) is 0 Å². The molecule has 1 fully saturated rings. The van der Waals surface area contributed by atoms with E-state index in [2.05, 4.69) is 4.98 Å². The van der Waals surface area contributed by atoms with Gasteiger partial charge >= 0.3 is 6.09 Å². The summed E-state index contributed by atoms with van der Waals surface area (Å²) in [5.41, 5.74) is -4.41. The lowest BCUT2D eigenvalue weighted by molar-refractivity contribution is -0.0637. The zero-order valence-corrected chi connectivity index (χ0v) is 16.0. The predicted octanol–water partition coefficient (Wildman–Crippen LogP) is 1.86. The monoisotopic (exact) mass is 377 g/mol. The van der Waals surface area contributed by atoms with E-state index in [4.69, 9.17) is 9.47 Å². The van der Waals surface area contributed by atoms with Gasteiger partial charge in [-0.15, -0.1) is 0 Å². The second-order valence-electron chi connectivity index (χ2n) is 7.39. The third-order valence-corrected chi connectivity index (χ3v) is 5.55. The first-order chi connectivity index (χ1) is 11.3. The van der Waals surface area contributed by atoms with Crippen molar-refractivity contribution in [1.29, 1.82) is 0 Å². The Kier molecular flexibility index (Phi) is 4.90. The van der Waals surface area contributed by atoms with Crippen molar-refractivity contribution in [2.45, 2.75) is 62.6 Å². The molecule has 10 heteroatoms. The third kappa shape index (κ3) is 3.79. The molecule has 1 aromatic rings. The number of aromatic nitrogens is 2. The maximum atomic E-state index is 15.0. The number of amides is 1. The minimum atomic E-state index is -4.41. The van der Waals surface area contributed by atoms with Gasteiger partial charge in [0.1, 0.15) is 17.4 Å². The molecule has 1 aromatic heterocycles.